The van der Waals surface area contributed by atoms with E-state index in [1.165, 1.54) is 6.42 Å². The van der Waals surface area contributed by atoms with Crippen molar-refractivity contribution < 1.29 is 23.4 Å². The van der Waals surface area contributed by atoms with Crippen LogP contribution in [0.5, 0.6) is 0 Å². The molecule has 1 aliphatic rings. The Bertz CT molecular complexity index is 969. The third kappa shape index (κ3) is 5.53. The second-order valence-corrected chi connectivity index (χ2v) is 7.30. The zero-order valence-corrected chi connectivity index (χ0v) is 19.0. The normalized spacial score (nSPS) is 13.0. The smallest absolute Gasteiger partial charge is 0.254 e. The Morgan fingerprint density at radius 2 is 1.63 bits per heavy atom. The Labute approximate surface area is 191 Å². The van der Waals surface area contributed by atoms with Gasteiger partial charge in [-0.25, -0.2) is 4.98 Å². The zero-order valence-electron chi connectivity index (χ0n) is 17.6. The third-order valence-corrected chi connectivity index (χ3v) is 5.25. The number of hydrogen-bond acceptors (Lipinski definition) is 3. The van der Waals surface area contributed by atoms with Gasteiger partial charge in [0.15, 0.2) is 0 Å². The number of carbonyl (C=O) groups excluding carboxylic acids is 1. The fraction of sp³-hybridized carbons (Fsp3) is 0.240. The summed E-state index contributed by atoms with van der Waals surface area (Å²) in [6.07, 6.45) is 5.22. The van der Waals surface area contributed by atoms with Crippen LogP contribution < -0.4 is 5.32 Å². The number of hydrogen-bond donors (Lipinski definition) is 1. The number of aryl methyl sites for hydroxylation is 1. The predicted octanol–water partition coefficient (Wildman–Crippen LogP) is 5.87. The van der Waals surface area contributed by atoms with Gasteiger partial charge < -0.3 is 17.6 Å². The number of anilines is 2. The summed E-state index contributed by atoms with van der Waals surface area (Å²) in [5.41, 5.74) is 4.90. The minimum atomic E-state index is 0. The summed E-state index contributed by atoms with van der Waals surface area (Å²) in [4.78, 5) is 19.4. The van der Waals surface area contributed by atoms with E-state index in [1.807, 2.05) is 66.4 Å². The van der Waals surface area contributed by atoms with Crippen LogP contribution in [0.25, 0.3) is 11.1 Å². The molecule has 4 rings (SSSR count). The Balaban J connectivity index is 0.00000160. The second kappa shape index (κ2) is 11.0. The molecule has 1 radical (unpaired) electrons. The molecule has 0 atom stereocenters. The summed E-state index contributed by atoms with van der Waals surface area (Å²) < 4.78 is 0. The number of carbonyl (C=O) groups is 1. The van der Waals surface area contributed by atoms with E-state index in [4.69, 9.17) is 0 Å². The minimum Gasteiger partial charge on any atom is -0.358 e. The molecule has 30 heavy (non-hydrogen) atoms. The number of nitrogens with one attached hydrogen (secondary N) is 1. The van der Waals surface area contributed by atoms with E-state index in [-0.39, 0.29) is 31.9 Å². The van der Waals surface area contributed by atoms with Crippen LogP contribution in [-0.4, -0.2) is 28.9 Å². The molecular weight excluding hydrogens is 409 g/mol. The zero-order chi connectivity index (χ0) is 19.3. The Hall–Kier alpha value is -2.56. The van der Waals surface area contributed by atoms with Crippen molar-refractivity contribution >= 4 is 17.4 Å². The van der Waals surface area contributed by atoms with Crippen molar-refractivity contribution in [2.24, 2.45) is 0 Å². The molecule has 1 N–H and O–H groups in total. The third-order valence-electron chi connectivity index (χ3n) is 5.25. The van der Waals surface area contributed by atoms with Gasteiger partial charge in [0.05, 0.1) is 0 Å². The number of piperidine rings is 1. The van der Waals surface area contributed by atoms with Crippen molar-refractivity contribution in [1.82, 2.24) is 9.88 Å². The number of aromatic nitrogens is 1. The molecule has 0 bridgehead atoms. The van der Waals surface area contributed by atoms with Gasteiger partial charge in [0.2, 0.25) is 0 Å². The van der Waals surface area contributed by atoms with Crippen LogP contribution >= 0.6 is 0 Å². The first-order chi connectivity index (χ1) is 13.7. The van der Waals surface area contributed by atoms with E-state index in [0.29, 0.717) is 0 Å². The van der Waals surface area contributed by atoms with Gasteiger partial charge in [-0.1, -0.05) is 30.3 Å². The van der Waals surface area contributed by atoms with E-state index >= 15 is 0 Å². The monoisotopic (exact) mass is 437 g/mol. The van der Waals surface area contributed by atoms with Crippen LogP contribution in [0.3, 0.4) is 0 Å². The van der Waals surface area contributed by atoms with Crippen molar-refractivity contribution in [1.29, 1.82) is 0 Å². The molecule has 1 fully saturated rings. The molecule has 5 heteroatoms. The fourth-order valence-electron chi connectivity index (χ4n) is 3.65. The molecule has 0 unspecified atom stereocenters. The molecule has 0 aliphatic carbocycles. The SMILES string of the molecule is Cc1ccc(-c2ccnc(Nc3ccccc3)c2)cc1C(=O)N1CCCCC1.[CH3-].[V]. The van der Waals surface area contributed by atoms with Gasteiger partial charge >= 0.3 is 0 Å². The number of pyridine rings is 1. The maximum absolute atomic E-state index is 13.0. The first-order valence-corrected chi connectivity index (χ1v) is 9.89. The maximum atomic E-state index is 13.0. The van der Waals surface area contributed by atoms with Crippen molar-refractivity contribution in [3.8, 4) is 11.1 Å². The van der Waals surface area contributed by atoms with Gasteiger partial charge in [0.25, 0.3) is 5.91 Å². The summed E-state index contributed by atoms with van der Waals surface area (Å²) in [6, 6.07) is 20.1. The molecule has 0 saturated carbocycles. The van der Waals surface area contributed by atoms with E-state index in [9.17, 15) is 4.79 Å². The van der Waals surface area contributed by atoms with Crippen molar-refractivity contribution in [2.45, 2.75) is 26.2 Å². The van der Waals surface area contributed by atoms with E-state index in [1.54, 1.807) is 6.20 Å². The predicted molar refractivity (Wildman–Crippen MR) is 120 cm³/mol. The number of benzene rings is 2. The average molecular weight is 437 g/mol. The Morgan fingerprint density at radius 3 is 2.37 bits per heavy atom. The van der Waals surface area contributed by atoms with Crippen molar-refractivity contribution in [2.75, 3.05) is 18.4 Å². The van der Waals surface area contributed by atoms with Gasteiger partial charge in [-0.15, -0.1) is 0 Å². The Morgan fingerprint density at radius 1 is 0.933 bits per heavy atom. The molecule has 2 heterocycles. The molecule has 3 aromatic rings. The number of para-hydroxylation sites is 1. The first kappa shape index (κ1) is 23.7. The molecule has 0 spiro atoms. The summed E-state index contributed by atoms with van der Waals surface area (Å²) in [7, 11) is 0. The van der Waals surface area contributed by atoms with Crippen LogP contribution in [0.2, 0.25) is 0 Å². The first-order valence-electron chi connectivity index (χ1n) is 9.89. The molecular formula is C25H28N3OV-. The summed E-state index contributed by atoms with van der Waals surface area (Å²) >= 11 is 0. The van der Waals surface area contributed by atoms with Gasteiger partial charge in [0.1, 0.15) is 5.82 Å². The molecule has 2 aromatic carbocycles. The summed E-state index contributed by atoms with van der Waals surface area (Å²) in [5.74, 6) is 0.934. The van der Waals surface area contributed by atoms with Crippen LogP contribution in [0.1, 0.15) is 35.2 Å². The molecule has 1 aliphatic heterocycles. The van der Waals surface area contributed by atoms with Gasteiger partial charge in [-0.3, -0.25) is 4.79 Å². The fourth-order valence-corrected chi connectivity index (χ4v) is 3.65. The largest absolute Gasteiger partial charge is 0.358 e. The average Bonchev–Trinajstić information content (AvgIpc) is 2.75. The topological polar surface area (TPSA) is 45.2 Å². The van der Waals surface area contributed by atoms with Crippen LogP contribution in [0.4, 0.5) is 11.5 Å². The Kier molecular flexibility index (Phi) is 8.70. The second-order valence-electron chi connectivity index (χ2n) is 7.30. The quantitative estimate of drug-likeness (QED) is 0.519. The number of rotatable bonds is 4. The van der Waals surface area contributed by atoms with Gasteiger partial charge in [-0.05, 0) is 73.2 Å². The van der Waals surface area contributed by atoms with Gasteiger partial charge in [-0.2, -0.15) is 0 Å². The minimum absolute atomic E-state index is 0. The van der Waals surface area contributed by atoms with Crippen LogP contribution in [0.15, 0.2) is 66.9 Å². The van der Waals surface area contributed by atoms with E-state index < -0.39 is 0 Å². The standard InChI is InChI=1S/C24H25N3O.CH3.V/c1-18-10-11-19(16-22(18)24(28)27-14-6-3-7-15-27)20-12-13-25-23(17-20)26-21-8-4-2-5-9-21;;/h2,4-5,8-13,16-17H,3,6-7,14-15H2,1H3,(H,25,26);1H3;/q;-1;. The molecule has 1 aromatic heterocycles. The summed E-state index contributed by atoms with van der Waals surface area (Å²) in [6.45, 7) is 3.74. The molecule has 155 valence electrons. The van der Waals surface area contributed by atoms with E-state index in [0.717, 1.165) is 59.7 Å². The van der Waals surface area contributed by atoms with Crippen molar-refractivity contribution in [3.05, 3.63) is 85.4 Å². The number of nitrogens with zero attached hydrogens (tertiary/aromatic N) is 2. The van der Waals surface area contributed by atoms with E-state index in [2.05, 4.69) is 16.4 Å². The summed E-state index contributed by atoms with van der Waals surface area (Å²) in [5, 5.41) is 3.33. The number of amides is 1. The molecule has 4 nitrogen and oxygen atoms in total. The number of likely N-dealkylation sites (tertiary alicyclic amines) is 1. The maximum Gasteiger partial charge on any atom is 0.254 e. The van der Waals surface area contributed by atoms with Gasteiger partial charge in [0, 0.05) is 49.1 Å². The van der Waals surface area contributed by atoms with Crippen LogP contribution in [-0.2, 0) is 18.6 Å². The molecule has 1 saturated heterocycles. The van der Waals surface area contributed by atoms with Crippen LogP contribution in [0, 0.1) is 14.4 Å². The van der Waals surface area contributed by atoms with Crippen molar-refractivity contribution in [3.63, 3.8) is 0 Å². The molecule has 1 amide bonds.